The Morgan fingerprint density at radius 1 is 1.11 bits per heavy atom. The predicted molar refractivity (Wildman–Crippen MR) is 132 cm³/mol. The molecule has 5 rings (SSSR count). The number of carbonyl (C=O) groups excluding carboxylic acids is 3. The van der Waals surface area contributed by atoms with Gasteiger partial charge in [-0.2, -0.15) is 0 Å². The van der Waals surface area contributed by atoms with Gasteiger partial charge in [-0.1, -0.05) is 0 Å². The van der Waals surface area contributed by atoms with Crippen LogP contribution in [0.1, 0.15) is 53.8 Å². The Hall–Kier alpha value is -3.64. The van der Waals surface area contributed by atoms with Crippen LogP contribution in [0.3, 0.4) is 0 Å². The number of hydrogen-bond donors (Lipinski definition) is 1. The average Bonchev–Trinajstić information content (AvgIpc) is 3.40. The maximum absolute atomic E-state index is 14.1. The molecule has 0 bridgehead atoms. The lowest BCUT2D eigenvalue weighted by molar-refractivity contribution is -0.172. The van der Waals surface area contributed by atoms with Gasteiger partial charge in [-0.25, -0.2) is 19.2 Å². The van der Waals surface area contributed by atoms with Crippen molar-refractivity contribution in [2.24, 2.45) is 0 Å². The topological polar surface area (TPSA) is 120 Å². The second-order valence-electron chi connectivity index (χ2n) is 8.94. The van der Waals surface area contributed by atoms with Crippen LogP contribution in [0.15, 0.2) is 24.5 Å². The maximum Gasteiger partial charge on any atom is 0.374 e. The number of rotatable bonds is 7. The quantitative estimate of drug-likeness (QED) is 0.444. The summed E-state index contributed by atoms with van der Waals surface area (Å²) in [6.07, 6.45) is 4.83. The number of ether oxygens (including phenoxy) is 2. The van der Waals surface area contributed by atoms with Gasteiger partial charge in [-0.05, 0) is 50.3 Å². The summed E-state index contributed by atoms with van der Waals surface area (Å²) in [5.74, 6) is -1.62. The monoisotopic (exact) mass is 528 g/mol. The van der Waals surface area contributed by atoms with E-state index in [1.807, 2.05) is 0 Å². The lowest BCUT2D eigenvalue weighted by Gasteiger charge is -2.28. The first-order valence-corrected chi connectivity index (χ1v) is 12.7. The van der Waals surface area contributed by atoms with E-state index in [9.17, 15) is 18.8 Å². The number of amides is 2. The summed E-state index contributed by atoms with van der Waals surface area (Å²) in [6.45, 7) is 1.70. The fourth-order valence-corrected chi connectivity index (χ4v) is 5.55. The summed E-state index contributed by atoms with van der Waals surface area (Å²) in [4.78, 5) is 50.9. The smallest absolute Gasteiger partial charge is 0.374 e. The van der Waals surface area contributed by atoms with Crippen LogP contribution < -0.4 is 10.1 Å². The number of nitrogens with zero attached hydrogens (tertiary/aromatic N) is 3. The SMILES string of the molecule is COC1CCC(Oc2cc(F)ccc2Nc2ncnc3sc(C(=O)ON4C(=O)CCC4=O)c(C)c23)CC1. The molecule has 194 valence electrons. The highest BCUT2D eigenvalue weighted by Crippen LogP contribution is 2.38. The number of fused-ring (bicyclic) bond motifs is 1. The third-order valence-electron chi connectivity index (χ3n) is 6.54. The van der Waals surface area contributed by atoms with Crippen LogP contribution in [0.25, 0.3) is 10.2 Å². The van der Waals surface area contributed by atoms with Crippen LogP contribution in [-0.2, 0) is 19.2 Å². The van der Waals surface area contributed by atoms with Crippen molar-refractivity contribution in [2.45, 2.75) is 57.7 Å². The maximum atomic E-state index is 14.1. The molecule has 3 aromatic rings. The van der Waals surface area contributed by atoms with E-state index in [1.165, 1.54) is 18.5 Å². The molecular formula is C25H25FN4O6S. The summed E-state index contributed by atoms with van der Waals surface area (Å²) < 4.78 is 25.7. The van der Waals surface area contributed by atoms with Crippen molar-refractivity contribution >= 4 is 50.8 Å². The van der Waals surface area contributed by atoms with Crippen molar-refractivity contribution in [3.63, 3.8) is 0 Å². The highest BCUT2D eigenvalue weighted by Gasteiger charge is 2.34. The molecule has 2 amide bonds. The number of thiophene rings is 1. The Kier molecular flexibility index (Phi) is 7.02. The lowest BCUT2D eigenvalue weighted by atomic mass is 9.95. The largest absolute Gasteiger partial charge is 0.488 e. The van der Waals surface area contributed by atoms with E-state index in [2.05, 4.69) is 15.3 Å². The molecule has 0 spiro atoms. The van der Waals surface area contributed by atoms with Gasteiger partial charge in [0.25, 0.3) is 11.8 Å². The third kappa shape index (κ3) is 5.12. The van der Waals surface area contributed by atoms with Gasteiger partial charge < -0.3 is 19.6 Å². The van der Waals surface area contributed by atoms with Crippen molar-refractivity contribution in [1.29, 1.82) is 0 Å². The van der Waals surface area contributed by atoms with E-state index >= 15 is 0 Å². The van der Waals surface area contributed by atoms with E-state index in [-0.39, 0.29) is 29.9 Å². The van der Waals surface area contributed by atoms with Crippen LogP contribution in [0.2, 0.25) is 0 Å². The minimum absolute atomic E-state index is 0.00689. The molecular weight excluding hydrogens is 503 g/mol. The Morgan fingerprint density at radius 3 is 2.51 bits per heavy atom. The molecule has 0 atom stereocenters. The summed E-state index contributed by atoms with van der Waals surface area (Å²) in [6, 6.07) is 4.22. The van der Waals surface area contributed by atoms with Crippen molar-refractivity contribution in [3.05, 3.63) is 40.8 Å². The fourth-order valence-electron chi connectivity index (χ4n) is 4.53. The molecule has 3 heterocycles. The van der Waals surface area contributed by atoms with Crippen molar-refractivity contribution < 1.29 is 33.1 Å². The number of imide groups is 1. The number of hydrogen-bond acceptors (Lipinski definition) is 10. The van der Waals surface area contributed by atoms with Gasteiger partial charge in [0, 0.05) is 26.0 Å². The molecule has 37 heavy (non-hydrogen) atoms. The first kappa shape index (κ1) is 25.0. The molecule has 1 aliphatic carbocycles. The molecule has 0 unspecified atom stereocenters. The number of hydroxylamine groups is 2. The Balaban J connectivity index is 1.40. The summed E-state index contributed by atoms with van der Waals surface area (Å²) in [5, 5.41) is 4.28. The van der Waals surface area contributed by atoms with E-state index in [0.29, 0.717) is 38.1 Å². The molecule has 0 radical (unpaired) electrons. The third-order valence-corrected chi connectivity index (χ3v) is 7.72. The Labute approximate surface area is 215 Å². The Bertz CT molecular complexity index is 1350. The summed E-state index contributed by atoms with van der Waals surface area (Å²) >= 11 is 1.06. The van der Waals surface area contributed by atoms with Gasteiger partial charge in [-0.15, -0.1) is 16.4 Å². The van der Waals surface area contributed by atoms with E-state index in [4.69, 9.17) is 14.3 Å². The molecule has 1 aliphatic heterocycles. The van der Waals surface area contributed by atoms with Crippen molar-refractivity contribution in [2.75, 3.05) is 12.4 Å². The van der Waals surface area contributed by atoms with Gasteiger partial charge in [-0.3, -0.25) is 9.59 Å². The number of halogens is 1. The number of methoxy groups -OCH3 is 1. The number of anilines is 2. The first-order chi connectivity index (χ1) is 17.8. The number of aryl methyl sites for hydroxylation is 1. The summed E-state index contributed by atoms with van der Waals surface area (Å²) in [7, 11) is 1.70. The van der Waals surface area contributed by atoms with Crippen LogP contribution in [0, 0.1) is 12.7 Å². The highest BCUT2D eigenvalue weighted by atomic mass is 32.1. The molecule has 2 fully saturated rings. The molecule has 1 saturated carbocycles. The standard InChI is InChI=1S/C25H25FN4O6S/c1-13-21-23(27-12-28-24(21)37-22(13)25(33)36-30-19(31)9-10-20(30)32)29-17-8-3-14(26)11-18(17)35-16-6-4-15(34-2)5-7-16/h3,8,11-12,15-16H,4-7,9-10H2,1-2H3,(H,27,28,29). The minimum Gasteiger partial charge on any atom is -0.488 e. The molecule has 1 N–H and O–H groups in total. The molecule has 10 nitrogen and oxygen atoms in total. The number of carbonyl (C=O) groups is 3. The number of benzene rings is 1. The van der Waals surface area contributed by atoms with Gasteiger partial charge in [0.05, 0.1) is 23.3 Å². The average molecular weight is 529 g/mol. The normalized spacial score (nSPS) is 19.9. The first-order valence-electron chi connectivity index (χ1n) is 11.9. The molecule has 2 aliphatic rings. The van der Waals surface area contributed by atoms with Crippen molar-refractivity contribution in [1.82, 2.24) is 15.0 Å². The summed E-state index contributed by atoms with van der Waals surface area (Å²) in [5.41, 5.74) is 1.04. The van der Waals surface area contributed by atoms with Gasteiger partial charge >= 0.3 is 5.97 Å². The number of aromatic nitrogens is 2. The van der Waals surface area contributed by atoms with Crippen LogP contribution >= 0.6 is 11.3 Å². The minimum atomic E-state index is -0.826. The van der Waals surface area contributed by atoms with E-state index in [0.717, 1.165) is 37.0 Å². The molecule has 1 aromatic carbocycles. The molecule has 2 aromatic heterocycles. The van der Waals surface area contributed by atoms with Crippen LogP contribution in [-0.4, -0.2) is 52.1 Å². The number of nitrogens with one attached hydrogen (secondary N) is 1. The van der Waals surface area contributed by atoms with Gasteiger partial charge in [0.2, 0.25) is 0 Å². The van der Waals surface area contributed by atoms with E-state index < -0.39 is 23.6 Å². The fraction of sp³-hybridized carbons (Fsp3) is 0.400. The van der Waals surface area contributed by atoms with Crippen LogP contribution in [0.4, 0.5) is 15.9 Å². The molecule has 1 saturated heterocycles. The zero-order valence-electron chi connectivity index (χ0n) is 20.3. The van der Waals surface area contributed by atoms with Gasteiger partial charge in [0.1, 0.15) is 33.4 Å². The second kappa shape index (κ2) is 10.4. The zero-order valence-corrected chi connectivity index (χ0v) is 21.1. The zero-order chi connectivity index (χ0) is 26.1. The van der Waals surface area contributed by atoms with Gasteiger partial charge in [0.15, 0.2) is 0 Å². The predicted octanol–water partition coefficient (Wildman–Crippen LogP) is 4.44. The second-order valence-corrected chi connectivity index (χ2v) is 9.94. The van der Waals surface area contributed by atoms with E-state index in [1.54, 1.807) is 20.1 Å². The molecule has 12 heteroatoms. The van der Waals surface area contributed by atoms with Crippen molar-refractivity contribution in [3.8, 4) is 5.75 Å². The van der Waals surface area contributed by atoms with Crippen LogP contribution in [0.5, 0.6) is 5.75 Å². The highest BCUT2D eigenvalue weighted by molar-refractivity contribution is 7.20. The Morgan fingerprint density at radius 2 is 1.81 bits per heavy atom. The lowest BCUT2D eigenvalue weighted by Crippen LogP contribution is -2.31.